The van der Waals surface area contributed by atoms with Gasteiger partial charge < -0.3 is 14.7 Å². The molecule has 0 bridgehead atoms. The molecule has 1 amide bonds. The van der Waals surface area contributed by atoms with Gasteiger partial charge in [0.1, 0.15) is 12.4 Å². The maximum atomic E-state index is 11.1. The Labute approximate surface area is 149 Å². The second-order valence-electron chi connectivity index (χ2n) is 5.14. The standard InChI is InChI=1S/C13H13BrClIN2O3/c14-10-9(15)3-7-4-17-1-2-18(13(19)20)5-8(17)6-21-12(7)11(10)16/h3,8H,1-2,4-6H2,(H,19,20)/t8-/m1/s1. The van der Waals surface area contributed by atoms with E-state index in [0.29, 0.717) is 31.3 Å². The van der Waals surface area contributed by atoms with Gasteiger partial charge in [-0.05, 0) is 44.6 Å². The molecule has 1 fully saturated rings. The number of hydrogen-bond acceptors (Lipinski definition) is 3. The van der Waals surface area contributed by atoms with Gasteiger partial charge in [0.2, 0.25) is 0 Å². The molecule has 1 saturated heterocycles. The molecule has 2 aliphatic heterocycles. The molecule has 2 heterocycles. The lowest BCUT2D eigenvalue weighted by molar-refractivity contribution is 0.0502. The number of carboxylic acid groups (broad SMARTS) is 1. The number of piperazine rings is 1. The third kappa shape index (κ3) is 2.97. The monoisotopic (exact) mass is 486 g/mol. The molecule has 5 nitrogen and oxygen atoms in total. The van der Waals surface area contributed by atoms with Crippen molar-refractivity contribution >= 4 is 56.2 Å². The van der Waals surface area contributed by atoms with Gasteiger partial charge >= 0.3 is 6.09 Å². The molecule has 21 heavy (non-hydrogen) atoms. The summed E-state index contributed by atoms with van der Waals surface area (Å²) in [5.74, 6) is 0.850. The molecule has 2 aliphatic rings. The molecule has 0 aliphatic carbocycles. The minimum Gasteiger partial charge on any atom is -0.490 e. The van der Waals surface area contributed by atoms with E-state index in [1.165, 1.54) is 4.90 Å². The van der Waals surface area contributed by atoms with E-state index in [-0.39, 0.29) is 6.04 Å². The van der Waals surface area contributed by atoms with Gasteiger partial charge in [0, 0.05) is 31.7 Å². The molecule has 1 aromatic carbocycles. The second-order valence-corrected chi connectivity index (χ2v) is 7.42. The average molecular weight is 488 g/mol. The van der Waals surface area contributed by atoms with Crippen LogP contribution < -0.4 is 4.74 Å². The number of ether oxygens (including phenoxy) is 1. The van der Waals surface area contributed by atoms with Gasteiger partial charge in [0.15, 0.2) is 0 Å². The van der Waals surface area contributed by atoms with Gasteiger partial charge in [-0.3, -0.25) is 4.90 Å². The van der Waals surface area contributed by atoms with E-state index in [2.05, 4.69) is 43.4 Å². The van der Waals surface area contributed by atoms with E-state index >= 15 is 0 Å². The van der Waals surface area contributed by atoms with E-state index in [0.717, 1.165) is 25.9 Å². The molecule has 114 valence electrons. The van der Waals surface area contributed by atoms with Crippen LogP contribution in [0.3, 0.4) is 0 Å². The minimum atomic E-state index is -0.864. The smallest absolute Gasteiger partial charge is 0.407 e. The highest BCUT2D eigenvalue weighted by molar-refractivity contribution is 14.1. The highest BCUT2D eigenvalue weighted by atomic mass is 127. The summed E-state index contributed by atoms with van der Waals surface area (Å²) in [6.45, 7) is 2.94. The summed E-state index contributed by atoms with van der Waals surface area (Å²) in [6.07, 6.45) is -0.864. The first-order valence-electron chi connectivity index (χ1n) is 6.48. The van der Waals surface area contributed by atoms with Crippen LogP contribution in [0.2, 0.25) is 5.02 Å². The quantitative estimate of drug-likeness (QED) is 0.451. The topological polar surface area (TPSA) is 53.0 Å². The van der Waals surface area contributed by atoms with Gasteiger partial charge in [-0.15, -0.1) is 0 Å². The summed E-state index contributed by atoms with van der Waals surface area (Å²) in [5, 5.41) is 9.80. The maximum Gasteiger partial charge on any atom is 0.407 e. The van der Waals surface area contributed by atoms with Crippen LogP contribution in [0.25, 0.3) is 0 Å². The van der Waals surface area contributed by atoms with Crippen molar-refractivity contribution in [2.45, 2.75) is 12.6 Å². The van der Waals surface area contributed by atoms with Crippen LogP contribution in [0, 0.1) is 3.57 Å². The van der Waals surface area contributed by atoms with Crippen LogP contribution in [0.15, 0.2) is 10.5 Å². The Kier molecular flexibility index (Phi) is 4.54. The van der Waals surface area contributed by atoms with Crippen molar-refractivity contribution in [1.29, 1.82) is 0 Å². The van der Waals surface area contributed by atoms with E-state index in [1.807, 2.05) is 6.07 Å². The Morgan fingerprint density at radius 3 is 3.00 bits per heavy atom. The summed E-state index contributed by atoms with van der Waals surface area (Å²) in [5.41, 5.74) is 1.05. The summed E-state index contributed by atoms with van der Waals surface area (Å²) in [7, 11) is 0. The fourth-order valence-electron chi connectivity index (χ4n) is 2.73. The molecule has 8 heteroatoms. The first-order chi connectivity index (χ1) is 9.97. The number of amides is 1. The number of carbonyl (C=O) groups is 1. The summed E-state index contributed by atoms with van der Waals surface area (Å²) in [6, 6.07) is 2.00. The molecule has 0 radical (unpaired) electrons. The molecule has 0 unspecified atom stereocenters. The van der Waals surface area contributed by atoms with Crippen molar-refractivity contribution in [2.24, 2.45) is 0 Å². The average Bonchev–Trinajstić information content (AvgIpc) is 2.63. The lowest BCUT2D eigenvalue weighted by atomic mass is 10.1. The van der Waals surface area contributed by atoms with Gasteiger partial charge in [-0.25, -0.2) is 4.79 Å². The van der Waals surface area contributed by atoms with E-state index < -0.39 is 6.09 Å². The first kappa shape index (κ1) is 15.6. The highest BCUT2D eigenvalue weighted by Gasteiger charge is 2.33. The van der Waals surface area contributed by atoms with Crippen LogP contribution in [-0.4, -0.2) is 53.3 Å². The second kappa shape index (κ2) is 6.10. The Balaban J connectivity index is 1.88. The third-order valence-corrected chi connectivity index (χ3v) is 6.98. The largest absolute Gasteiger partial charge is 0.490 e. The lowest BCUT2D eigenvalue weighted by Gasteiger charge is -2.38. The van der Waals surface area contributed by atoms with Crippen LogP contribution in [0.4, 0.5) is 4.79 Å². The van der Waals surface area contributed by atoms with Crippen LogP contribution >= 0.6 is 50.1 Å². The van der Waals surface area contributed by atoms with Gasteiger partial charge in [-0.2, -0.15) is 0 Å². The molecule has 1 aromatic rings. The number of hydrogen-bond donors (Lipinski definition) is 1. The first-order valence-corrected chi connectivity index (χ1v) is 8.73. The van der Waals surface area contributed by atoms with Crippen molar-refractivity contribution in [2.75, 3.05) is 26.2 Å². The SMILES string of the molecule is O=C(O)N1CCN2Cc3cc(Cl)c(Br)c(I)c3OC[C@H]2C1. The normalized spacial score (nSPS) is 22.0. The number of fused-ring (bicyclic) bond motifs is 2. The summed E-state index contributed by atoms with van der Waals surface area (Å²) in [4.78, 5) is 14.8. The molecule has 0 saturated carbocycles. The summed E-state index contributed by atoms with van der Waals surface area (Å²) < 4.78 is 7.76. The zero-order valence-electron chi connectivity index (χ0n) is 11.0. The van der Waals surface area contributed by atoms with Gasteiger partial charge in [0.25, 0.3) is 0 Å². The van der Waals surface area contributed by atoms with E-state index in [9.17, 15) is 4.79 Å². The fourth-order valence-corrected chi connectivity index (χ4v) is 4.20. The molecule has 3 rings (SSSR count). The number of benzene rings is 1. The number of nitrogens with zero attached hydrogens (tertiary/aromatic N) is 2. The Morgan fingerprint density at radius 2 is 2.29 bits per heavy atom. The number of halogens is 3. The zero-order chi connectivity index (χ0) is 15.1. The van der Waals surface area contributed by atoms with Crippen LogP contribution in [0.1, 0.15) is 5.56 Å². The van der Waals surface area contributed by atoms with Crippen molar-refractivity contribution in [1.82, 2.24) is 9.80 Å². The van der Waals surface area contributed by atoms with Crippen molar-refractivity contribution in [3.05, 3.63) is 24.7 Å². The predicted molar refractivity (Wildman–Crippen MR) is 91.2 cm³/mol. The Hall–Kier alpha value is -0.250. The molecule has 0 aromatic heterocycles. The zero-order valence-corrected chi connectivity index (χ0v) is 15.5. The molecular weight excluding hydrogens is 474 g/mol. The van der Waals surface area contributed by atoms with Crippen LogP contribution in [-0.2, 0) is 6.54 Å². The van der Waals surface area contributed by atoms with Gasteiger partial charge in [-0.1, -0.05) is 11.6 Å². The minimum absolute atomic E-state index is 0.0793. The van der Waals surface area contributed by atoms with Crippen molar-refractivity contribution < 1.29 is 14.6 Å². The molecular formula is C13H13BrClIN2O3. The predicted octanol–water partition coefficient (Wildman–Crippen LogP) is 3.26. The van der Waals surface area contributed by atoms with E-state index in [4.69, 9.17) is 21.4 Å². The van der Waals surface area contributed by atoms with Gasteiger partial charge in [0.05, 0.1) is 19.1 Å². The Bertz CT molecular complexity index is 601. The maximum absolute atomic E-state index is 11.1. The molecule has 1 atom stereocenters. The van der Waals surface area contributed by atoms with Crippen molar-refractivity contribution in [3.8, 4) is 5.75 Å². The molecule has 0 spiro atoms. The lowest BCUT2D eigenvalue weighted by Crippen LogP contribution is -2.55. The third-order valence-electron chi connectivity index (χ3n) is 3.86. The van der Waals surface area contributed by atoms with Crippen LogP contribution in [0.5, 0.6) is 5.75 Å². The summed E-state index contributed by atoms with van der Waals surface area (Å²) >= 11 is 11.9. The fraction of sp³-hybridized carbons (Fsp3) is 0.462. The Morgan fingerprint density at radius 1 is 1.52 bits per heavy atom. The highest BCUT2D eigenvalue weighted by Crippen LogP contribution is 2.39. The number of rotatable bonds is 0. The molecule has 1 N–H and O–H groups in total. The van der Waals surface area contributed by atoms with E-state index in [1.54, 1.807) is 0 Å². The van der Waals surface area contributed by atoms with Crippen molar-refractivity contribution in [3.63, 3.8) is 0 Å².